The fraction of sp³-hybridized carbons (Fsp3) is 0.455. The first-order valence-electron chi connectivity index (χ1n) is 5.48. The third kappa shape index (κ3) is 6.40. The average Bonchev–Trinajstić information content (AvgIpc) is 2.31. The second kappa shape index (κ2) is 7.10. The van der Waals surface area contributed by atoms with E-state index in [9.17, 15) is 18.0 Å². The van der Waals surface area contributed by atoms with Crippen LogP contribution in [0.5, 0.6) is 0 Å². The topological polar surface area (TPSA) is 65.2 Å². The number of nitrogens with zero attached hydrogens (tertiary/aromatic N) is 1. The Balaban J connectivity index is 2.46. The zero-order valence-electron chi connectivity index (χ0n) is 10.1. The first kappa shape index (κ1) is 17.0. The van der Waals surface area contributed by atoms with Crippen molar-refractivity contribution in [2.75, 3.05) is 0 Å². The van der Waals surface area contributed by atoms with Gasteiger partial charge in [0.05, 0.1) is 0 Å². The Morgan fingerprint density at radius 1 is 1.35 bits per heavy atom. The molecule has 0 saturated carbocycles. The Kier molecular flexibility index (Phi) is 6.04. The molecule has 0 saturated heterocycles. The number of ether oxygens (including phenoxy) is 1. The highest BCUT2D eigenvalue weighted by Crippen LogP contribution is 2.22. The monoisotopic (exact) mass is 330 g/mol. The molecule has 20 heavy (non-hydrogen) atoms. The standard InChI is InChI=1S/C11H11Cl2F3N2O2/c12-8-3-6(4-9(13)18-8)5-20-10(19)7(17)1-2-11(14,15)16/h3-4,7H,1-2,5,17H2/t7-/m0/s1. The van der Waals surface area contributed by atoms with Gasteiger partial charge >= 0.3 is 12.1 Å². The maximum atomic E-state index is 12.0. The highest BCUT2D eigenvalue weighted by molar-refractivity contribution is 6.32. The Morgan fingerprint density at radius 3 is 2.40 bits per heavy atom. The largest absolute Gasteiger partial charge is 0.460 e. The summed E-state index contributed by atoms with van der Waals surface area (Å²) in [5.74, 6) is -0.918. The van der Waals surface area contributed by atoms with Gasteiger partial charge in [-0.15, -0.1) is 0 Å². The lowest BCUT2D eigenvalue weighted by Gasteiger charge is -2.13. The maximum absolute atomic E-state index is 12.0. The summed E-state index contributed by atoms with van der Waals surface area (Å²) in [6.45, 7) is -0.194. The van der Waals surface area contributed by atoms with Crippen LogP contribution in [0.3, 0.4) is 0 Å². The molecule has 0 bridgehead atoms. The number of carbonyl (C=O) groups excluding carboxylic acids is 1. The van der Waals surface area contributed by atoms with E-state index in [4.69, 9.17) is 33.7 Å². The van der Waals surface area contributed by atoms with E-state index in [0.29, 0.717) is 5.56 Å². The summed E-state index contributed by atoms with van der Waals surface area (Å²) < 4.78 is 40.7. The first-order valence-corrected chi connectivity index (χ1v) is 6.24. The zero-order valence-corrected chi connectivity index (χ0v) is 11.6. The van der Waals surface area contributed by atoms with Crippen LogP contribution in [0.2, 0.25) is 10.3 Å². The van der Waals surface area contributed by atoms with E-state index in [1.807, 2.05) is 0 Å². The van der Waals surface area contributed by atoms with Gasteiger partial charge in [0.15, 0.2) is 0 Å². The number of nitrogens with two attached hydrogens (primary N) is 1. The van der Waals surface area contributed by atoms with Gasteiger partial charge < -0.3 is 10.5 Å². The molecule has 9 heteroatoms. The lowest BCUT2D eigenvalue weighted by molar-refractivity contribution is -0.150. The second-order valence-corrected chi connectivity index (χ2v) is 4.76. The lowest BCUT2D eigenvalue weighted by Crippen LogP contribution is -2.33. The van der Waals surface area contributed by atoms with Crippen molar-refractivity contribution in [3.8, 4) is 0 Å². The fourth-order valence-corrected chi connectivity index (χ4v) is 1.80. The molecule has 1 heterocycles. The Bertz CT molecular complexity index is 463. The second-order valence-electron chi connectivity index (χ2n) is 3.99. The van der Waals surface area contributed by atoms with E-state index < -0.39 is 31.0 Å². The molecule has 2 N–H and O–H groups in total. The van der Waals surface area contributed by atoms with Crippen molar-refractivity contribution in [1.82, 2.24) is 4.98 Å². The number of carbonyl (C=O) groups is 1. The Labute approximate surface area is 123 Å². The minimum atomic E-state index is -4.36. The molecule has 0 aliphatic carbocycles. The molecule has 1 rings (SSSR count). The van der Waals surface area contributed by atoms with Crippen LogP contribution < -0.4 is 5.73 Å². The van der Waals surface area contributed by atoms with Crippen LogP contribution in [0.4, 0.5) is 13.2 Å². The van der Waals surface area contributed by atoms with Crippen LogP contribution in [-0.4, -0.2) is 23.2 Å². The molecule has 1 atom stereocenters. The molecule has 0 aliphatic rings. The highest BCUT2D eigenvalue weighted by Gasteiger charge is 2.29. The molecule has 0 aromatic carbocycles. The summed E-state index contributed by atoms with van der Waals surface area (Å²) in [6.07, 6.45) is -6.03. The van der Waals surface area contributed by atoms with Gasteiger partial charge in [0.1, 0.15) is 23.0 Å². The number of aromatic nitrogens is 1. The summed E-state index contributed by atoms with van der Waals surface area (Å²) in [4.78, 5) is 15.1. The number of rotatable bonds is 5. The van der Waals surface area contributed by atoms with Gasteiger partial charge in [-0.2, -0.15) is 13.2 Å². The molecule has 1 aromatic heterocycles. The minimum absolute atomic E-state index is 0.116. The van der Waals surface area contributed by atoms with Gasteiger partial charge in [-0.25, -0.2) is 4.98 Å². The van der Waals surface area contributed by atoms with Crippen LogP contribution in [0, 0.1) is 0 Å². The van der Waals surface area contributed by atoms with Gasteiger partial charge in [-0.3, -0.25) is 4.79 Å². The van der Waals surface area contributed by atoms with Crippen LogP contribution in [0.1, 0.15) is 18.4 Å². The van der Waals surface area contributed by atoms with Gasteiger partial charge in [0.2, 0.25) is 0 Å². The van der Waals surface area contributed by atoms with Crippen molar-refractivity contribution < 1.29 is 22.7 Å². The van der Waals surface area contributed by atoms with Crippen molar-refractivity contribution in [2.45, 2.75) is 31.7 Å². The number of hydrogen-bond donors (Lipinski definition) is 1. The average molecular weight is 331 g/mol. The predicted molar refractivity (Wildman–Crippen MR) is 67.3 cm³/mol. The Morgan fingerprint density at radius 2 is 1.90 bits per heavy atom. The van der Waals surface area contributed by atoms with Crippen molar-refractivity contribution in [3.63, 3.8) is 0 Å². The van der Waals surface area contributed by atoms with Gasteiger partial charge in [-0.05, 0) is 24.1 Å². The molecule has 0 radical (unpaired) electrons. The molecule has 112 valence electrons. The van der Waals surface area contributed by atoms with Crippen LogP contribution in [0.25, 0.3) is 0 Å². The lowest BCUT2D eigenvalue weighted by atomic mass is 10.1. The molecule has 0 aliphatic heterocycles. The van der Waals surface area contributed by atoms with E-state index in [2.05, 4.69) is 4.98 Å². The summed E-state index contributed by atoms with van der Waals surface area (Å²) in [5, 5.41) is 0.231. The normalized spacial score (nSPS) is 13.1. The van der Waals surface area contributed by atoms with Crippen LogP contribution in [-0.2, 0) is 16.1 Å². The third-order valence-electron chi connectivity index (χ3n) is 2.25. The number of halogens is 5. The number of alkyl halides is 3. The van der Waals surface area contributed by atoms with Crippen LogP contribution >= 0.6 is 23.2 Å². The summed E-state index contributed by atoms with van der Waals surface area (Å²) in [5.41, 5.74) is 5.77. The van der Waals surface area contributed by atoms with Crippen molar-refractivity contribution in [2.24, 2.45) is 5.73 Å². The highest BCUT2D eigenvalue weighted by atomic mass is 35.5. The number of pyridine rings is 1. The quantitative estimate of drug-likeness (QED) is 0.665. The molecule has 0 spiro atoms. The molecule has 4 nitrogen and oxygen atoms in total. The van der Waals surface area contributed by atoms with Crippen molar-refractivity contribution in [1.29, 1.82) is 0 Å². The molecule has 0 amide bonds. The van der Waals surface area contributed by atoms with E-state index in [1.54, 1.807) is 0 Å². The number of esters is 1. The molecular weight excluding hydrogens is 320 g/mol. The van der Waals surface area contributed by atoms with E-state index in [-0.39, 0.29) is 16.9 Å². The zero-order chi connectivity index (χ0) is 15.3. The Hall–Kier alpha value is -1.05. The van der Waals surface area contributed by atoms with Crippen molar-refractivity contribution in [3.05, 3.63) is 28.0 Å². The fourth-order valence-electron chi connectivity index (χ4n) is 1.30. The van der Waals surface area contributed by atoms with Crippen LogP contribution in [0.15, 0.2) is 12.1 Å². The summed E-state index contributed by atoms with van der Waals surface area (Å²) in [7, 11) is 0. The van der Waals surface area contributed by atoms with E-state index >= 15 is 0 Å². The van der Waals surface area contributed by atoms with Gasteiger partial charge in [0.25, 0.3) is 0 Å². The minimum Gasteiger partial charge on any atom is -0.460 e. The first-order chi connectivity index (χ1) is 9.17. The SMILES string of the molecule is N[C@@H](CCC(F)(F)F)C(=O)OCc1cc(Cl)nc(Cl)c1. The van der Waals surface area contributed by atoms with Gasteiger partial charge in [0, 0.05) is 6.42 Å². The molecular formula is C11H11Cl2F3N2O2. The molecule has 0 unspecified atom stereocenters. The van der Waals surface area contributed by atoms with E-state index in [0.717, 1.165) is 0 Å². The summed E-state index contributed by atoms with van der Waals surface area (Å²) in [6, 6.07) is 1.51. The molecule has 1 aromatic rings. The third-order valence-corrected chi connectivity index (χ3v) is 2.63. The maximum Gasteiger partial charge on any atom is 0.389 e. The smallest absolute Gasteiger partial charge is 0.389 e. The van der Waals surface area contributed by atoms with Crippen molar-refractivity contribution >= 4 is 29.2 Å². The molecule has 0 fully saturated rings. The predicted octanol–water partition coefficient (Wildman–Crippen LogP) is 3.10. The van der Waals surface area contributed by atoms with Gasteiger partial charge in [-0.1, -0.05) is 23.2 Å². The van der Waals surface area contributed by atoms with E-state index in [1.165, 1.54) is 12.1 Å². The summed E-state index contributed by atoms with van der Waals surface area (Å²) >= 11 is 11.3. The number of hydrogen-bond acceptors (Lipinski definition) is 4.